The monoisotopic (exact) mass is 398 g/mol. The van der Waals surface area contributed by atoms with Gasteiger partial charge in [0.25, 0.3) is 0 Å². The van der Waals surface area contributed by atoms with E-state index in [0.717, 1.165) is 0 Å². The smallest absolute Gasteiger partial charge is 0.337 e. The first-order valence-corrected chi connectivity index (χ1v) is 8.98. The maximum atomic E-state index is 12.7. The minimum Gasteiger partial charge on any atom is -0.497 e. The highest BCUT2D eigenvalue weighted by Crippen LogP contribution is 2.31. The van der Waals surface area contributed by atoms with Gasteiger partial charge < -0.3 is 24.4 Å². The van der Waals surface area contributed by atoms with Gasteiger partial charge in [0.15, 0.2) is 0 Å². The molecule has 0 saturated carbocycles. The Morgan fingerprint density at radius 2 is 1.76 bits per heavy atom. The van der Waals surface area contributed by atoms with Crippen LogP contribution in [0.4, 0.5) is 11.4 Å². The van der Waals surface area contributed by atoms with E-state index in [0.29, 0.717) is 28.4 Å². The molecule has 0 aliphatic carbocycles. The average Bonchev–Trinajstić information content (AvgIpc) is 3.15. The predicted octanol–water partition coefficient (Wildman–Crippen LogP) is 2.48. The summed E-state index contributed by atoms with van der Waals surface area (Å²) in [6.45, 7) is 0.251. The van der Waals surface area contributed by atoms with Crippen molar-refractivity contribution in [2.24, 2.45) is 5.92 Å². The van der Waals surface area contributed by atoms with Crippen molar-refractivity contribution in [3.05, 3.63) is 48.0 Å². The number of esters is 1. The summed E-state index contributed by atoms with van der Waals surface area (Å²) >= 11 is 0. The summed E-state index contributed by atoms with van der Waals surface area (Å²) in [5, 5.41) is 2.82. The number of methoxy groups -OCH3 is 3. The molecule has 8 nitrogen and oxygen atoms in total. The minimum atomic E-state index is -0.505. The maximum absolute atomic E-state index is 12.7. The molecule has 1 saturated heterocycles. The van der Waals surface area contributed by atoms with Gasteiger partial charge >= 0.3 is 5.97 Å². The molecular formula is C21H22N2O6. The van der Waals surface area contributed by atoms with Gasteiger partial charge in [0.2, 0.25) is 11.8 Å². The van der Waals surface area contributed by atoms with E-state index < -0.39 is 11.9 Å². The minimum absolute atomic E-state index is 0.100. The van der Waals surface area contributed by atoms with Gasteiger partial charge in [-0.05, 0) is 36.4 Å². The standard InChI is InChI=1S/C21H22N2O6/c1-27-16-8-9-17(18(11-16)28-2)22-20(25)14-10-19(24)23(12-14)15-6-4-13(5-7-15)21(26)29-3/h4-9,11,14H,10,12H2,1-3H3,(H,22,25). The third-order valence-electron chi connectivity index (χ3n) is 4.76. The zero-order valence-corrected chi connectivity index (χ0v) is 16.4. The lowest BCUT2D eigenvalue weighted by molar-refractivity contribution is -0.122. The Morgan fingerprint density at radius 3 is 2.38 bits per heavy atom. The van der Waals surface area contributed by atoms with Crippen molar-refractivity contribution in [3.63, 3.8) is 0 Å². The van der Waals surface area contributed by atoms with E-state index in [2.05, 4.69) is 10.1 Å². The Hall–Kier alpha value is -3.55. The molecule has 1 N–H and O–H groups in total. The normalized spacial score (nSPS) is 15.8. The van der Waals surface area contributed by atoms with Gasteiger partial charge in [0, 0.05) is 24.7 Å². The fraction of sp³-hybridized carbons (Fsp3) is 0.286. The van der Waals surface area contributed by atoms with E-state index in [1.54, 1.807) is 49.6 Å². The second-order valence-corrected chi connectivity index (χ2v) is 6.50. The third-order valence-corrected chi connectivity index (χ3v) is 4.76. The van der Waals surface area contributed by atoms with Crippen LogP contribution in [0.25, 0.3) is 0 Å². The molecule has 2 amide bonds. The van der Waals surface area contributed by atoms with Crippen molar-refractivity contribution < 1.29 is 28.6 Å². The summed E-state index contributed by atoms with van der Waals surface area (Å²) in [7, 11) is 4.36. The number of amides is 2. The fourth-order valence-electron chi connectivity index (χ4n) is 3.16. The topological polar surface area (TPSA) is 94.2 Å². The number of carbonyl (C=O) groups excluding carboxylic acids is 3. The Kier molecular flexibility index (Phi) is 6.01. The molecule has 8 heteroatoms. The summed E-state index contributed by atoms with van der Waals surface area (Å²) in [6, 6.07) is 11.6. The number of hydrogen-bond donors (Lipinski definition) is 1. The van der Waals surface area contributed by atoms with Gasteiger partial charge in [-0.3, -0.25) is 9.59 Å². The maximum Gasteiger partial charge on any atom is 0.337 e. The van der Waals surface area contributed by atoms with Gasteiger partial charge in [-0.15, -0.1) is 0 Å². The van der Waals surface area contributed by atoms with Crippen LogP contribution >= 0.6 is 0 Å². The van der Waals surface area contributed by atoms with Gasteiger partial charge in [-0.25, -0.2) is 4.79 Å². The van der Waals surface area contributed by atoms with Gasteiger partial charge in [0.1, 0.15) is 11.5 Å². The number of nitrogens with zero attached hydrogens (tertiary/aromatic N) is 1. The van der Waals surface area contributed by atoms with Crippen molar-refractivity contribution in [1.82, 2.24) is 0 Å². The molecule has 1 atom stereocenters. The first-order valence-electron chi connectivity index (χ1n) is 8.98. The van der Waals surface area contributed by atoms with Crippen molar-refractivity contribution in [2.45, 2.75) is 6.42 Å². The highest BCUT2D eigenvalue weighted by molar-refractivity contribution is 6.04. The van der Waals surface area contributed by atoms with E-state index in [1.165, 1.54) is 19.1 Å². The van der Waals surface area contributed by atoms with Crippen LogP contribution in [0.1, 0.15) is 16.8 Å². The largest absolute Gasteiger partial charge is 0.497 e. The lowest BCUT2D eigenvalue weighted by Crippen LogP contribution is -2.28. The molecule has 1 fully saturated rings. The molecule has 0 spiro atoms. The van der Waals surface area contributed by atoms with Crippen LogP contribution in [0, 0.1) is 5.92 Å². The lowest BCUT2D eigenvalue weighted by atomic mass is 10.1. The lowest BCUT2D eigenvalue weighted by Gasteiger charge is -2.17. The van der Waals surface area contributed by atoms with Crippen molar-refractivity contribution in [1.29, 1.82) is 0 Å². The second-order valence-electron chi connectivity index (χ2n) is 6.50. The number of ether oxygens (including phenoxy) is 3. The zero-order valence-electron chi connectivity index (χ0n) is 16.4. The molecule has 29 heavy (non-hydrogen) atoms. The molecule has 3 rings (SSSR count). The van der Waals surface area contributed by atoms with Gasteiger partial charge in [-0.1, -0.05) is 0 Å². The Morgan fingerprint density at radius 1 is 1.03 bits per heavy atom. The molecule has 1 unspecified atom stereocenters. The molecule has 2 aromatic carbocycles. The third kappa shape index (κ3) is 4.31. The molecule has 1 heterocycles. The molecule has 0 aromatic heterocycles. The Bertz CT molecular complexity index is 925. The molecule has 0 radical (unpaired) electrons. The van der Waals surface area contributed by atoms with Crippen LogP contribution in [0.3, 0.4) is 0 Å². The average molecular weight is 398 g/mol. The van der Waals surface area contributed by atoms with Gasteiger partial charge in [0.05, 0.1) is 38.5 Å². The van der Waals surface area contributed by atoms with E-state index in [4.69, 9.17) is 9.47 Å². The summed E-state index contributed by atoms with van der Waals surface area (Å²) in [5.41, 5.74) is 1.52. The number of nitrogens with one attached hydrogen (secondary N) is 1. The highest BCUT2D eigenvalue weighted by Gasteiger charge is 2.35. The molecule has 152 valence electrons. The van der Waals surface area contributed by atoms with Crippen LogP contribution < -0.4 is 19.7 Å². The van der Waals surface area contributed by atoms with Crippen LogP contribution in [-0.4, -0.2) is 45.7 Å². The van der Waals surface area contributed by atoms with E-state index in [1.807, 2.05) is 0 Å². The number of anilines is 2. The van der Waals surface area contributed by atoms with Gasteiger partial charge in [-0.2, -0.15) is 0 Å². The van der Waals surface area contributed by atoms with E-state index in [9.17, 15) is 14.4 Å². The summed E-state index contributed by atoms with van der Waals surface area (Å²) in [6.07, 6.45) is 0.100. The first kappa shape index (κ1) is 20.2. The Balaban J connectivity index is 1.70. The second kappa shape index (κ2) is 8.64. The summed E-state index contributed by atoms with van der Waals surface area (Å²) in [4.78, 5) is 38.2. The van der Waals surface area contributed by atoms with Crippen molar-refractivity contribution >= 4 is 29.2 Å². The molecule has 1 aliphatic rings. The zero-order chi connectivity index (χ0) is 21.0. The molecular weight excluding hydrogens is 376 g/mol. The number of rotatable bonds is 6. The fourth-order valence-corrected chi connectivity index (χ4v) is 3.16. The SMILES string of the molecule is COC(=O)c1ccc(N2CC(C(=O)Nc3ccc(OC)cc3OC)CC2=O)cc1. The van der Waals surface area contributed by atoms with Crippen LogP contribution in [0.5, 0.6) is 11.5 Å². The van der Waals surface area contributed by atoms with Crippen LogP contribution in [0.2, 0.25) is 0 Å². The van der Waals surface area contributed by atoms with E-state index >= 15 is 0 Å². The summed E-state index contributed by atoms with van der Waals surface area (Å²) < 4.78 is 15.1. The first-order chi connectivity index (χ1) is 14.0. The quantitative estimate of drug-likeness (QED) is 0.752. The van der Waals surface area contributed by atoms with E-state index in [-0.39, 0.29) is 24.8 Å². The number of hydrogen-bond acceptors (Lipinski definition) is 6. The molecule has 1 aliphatic heterocycles. The summed E-state index contributed by atoms with van der Waals surface area (Å²) in [5.74, 6) is -0.299. The van der Waals surface area contributed by atoms with Crippen LogP contribution in [-0.2, 0) is 14.3 Å². The highest BCUT2D eigenvalue weighted by atomic mass is 16.5. The van der Waals surface area contributed by atoms with Crippen molar-refractivity contribution in [3.8, 4) is 11.5 Å². The molecule has 0 bridgehead atoms. The van der Waals surface area contributed by atoms with Crippen LogP contribution in [0.15, 0.2) is 42.5 Å². The predicted molar refractivity (Wildman–Crippen MR) is 106 cm³/mol. The molecule has 2 aromatic rings. The number of carbonyl (C=O) groups is 3. The van der Waals surface area contributed by atoms with Crippen molar-refractivity contribution in [2.75, 3.05) is 38.1 Å². The number of benzene rings is 2. The Labute approximate surface area is 168 Å².